The van der Waals surface area contributed by atoms with Gasteiger partial charge in [0.2, 0.25) is 5.89 Å². The molecule has 3 heterocycles. The fraction of sp³-hybridized carbons (Fsp3) is 0.326. The fourth-order valence-corrected chi connectivity index (χ4v) is 7.79. The van der Waals surface area contributed by atoms with Gasteiger partial charge in [0.15, 0.2) is 5.58 Å². The number of aliphatic hydroxyl groups is 1. The highest BCUT2D eigenvalue weighted by atomic mass is 16.5. The van der Waals surface area contributed by atoms with Gasteiger partial charge in [-0.05, 0) is 102 Å². The minimum atomic E-state index is -0.582. The number of primary amides is 1. The van der Waals surface area contributed by atoms with Crippen LogP contribution in [0.2, 0.25) is 0 Å². The van der Waals surface area contributed by atoms with Crippen molar-refractivity contribution in [2.75, 3.05) is 33.3 Å². The van der Waals surface area contributed by atoms with Crippen LogP contribution in [-0.2, 0) is 22.6 Å². The molecule has 10 nitrogen and oxygen atoms in total. The average Bonchev–Trinajstić information content (AvgIpc) is 3.88. The molecule has 2 aliphatic rings. The maximum absolute atomic E-state index is 12.6. The van der Waals surface area contributed by atoms with Crippen molar-refractivity contribution in [3.8, 4) is 28.3 Å². The fourth-order valence-electron chi connectivity index (χ4n) is 7.79. The van der Waals surface area contributed by atoms with Crippen LogP contribution in [0.1, 0.15) is 62.1 Å². The van der Waals surface area contributed by atoms with Gasteiger partial charge in [-0.3, -0.25) is 19.4 Å². The van der Waals surface area contributed by atoms with E-state index in [9.17, 15) is 14.7 Å². The first kappa shape index (κ1) is 36.1. The predicted octanol–water partition coefficient (Wildman–Crippen LogP) is 6.68. The number of hydrogen-bond acceptors (Lipinski definition) is 9. The summed E-state index contributed by atoms with van der Waals surface area (Å²) < 4.78 is 17.2. The highest BCUT2D eigenvalue weighted by molar-refractivity contribution is 6.04. The molecule has 274 valence electrons. The molecule has 2 atom stereocenters. The van der Waals surface area contributed by atoms with Crippen molar-refractivity contribution in [3.63, 3.8) is 0 Å². The third kappa shape index (κ3) is 7.62. The first-order valence-corrected chi connectivity index (χ1v) is 18.1. The first-order valence-electron chi connectivity index (χ1n) is 18.1. The van der Waals surface area contributed by atoms with Gasteiger partial charge in [-0.2, -0.15) is 0 Å². The molecule has 53 heavy (non-hydrogen) atoms. The molecular formula is C43H46N4O6. The Morgan fingerprint density at radius 1 is 0.925 bits per heavy atom. The number of aryl methyl sites for hydroxylation is 1. The Balaban J connectivity index is 1.16. The second-order valence-electron chi connectivity index (χ2n) is 14.3. The van der Waals surface area contributed by atoms with Crippen LogP contribution >= 0.6 is 0 Å². The number of β-amino-alcohol motifs (C(OH)–C–C–N with tert-alkyl or cyclic N) is 1. The number of aliphatic hydroxyl groups excluding tert-OH is 1. The molecule has 1 aromatic heterocycles. The zero-order valence-corrected chi connectivity index (χ0v) is 30.7. The van der Waals surface area contributed by atoms with E-state index in [1.165, 1.54) is 0 Å². The molecule has 0 spiro atoms. The second-order valence-corrected chi connectivity index (χ2v) is 14.3. The number of carbonyl (C=O) groups is 2. The summed E-state index contributed by atoms with van der Waals surface area (Å²) in [6, 6.07) is 20.4. The number of amides is 1. The van der Waals surface area contributed by atoms with Crippen molar-refractivity contribution in [1.82, 2.24) is 14.8 Å². The number of nitrogens with two attached hydrogens (primary N) is 1. The molecule has 0 aliphatic carbocycles. The van der Waals surface area contributed by atoms with Gasteiger partial charge in [0.1, 0.15) is 17.4 Å². The lowest BCUT2D eigenvalue weighted by Gasteiger charge is -2.18. The minimum absolute atomic E-state index is 0.131. The van der Waals surface area contributed by atoms with Crippen LogP contribution in [0.25, 0.3) is 45.8 Å². The molecular weight excluding hydrogens is 668 g/mol. The van der Waals surface area contributed by atoms with Crippen LogP contribution < -0.4 is 10.5 Å². The van der Waals surface area contributed by atoms with Crippen molar-refractivity contribution in [2.24, 2.45) is 5.73 Å². The number of nitrogens with zero attached hydrogens (tertiary/aromatic N) is 3. The minimum Gasteiger partial charge on any atom is -0.496 e. The smallest absolute Gasteiger partial charge is 0.293 e. The van der Waals surface area contributed by atoms with Gasteiger partial charge in [-0.15, -0.1) is 0 Å². The number of methoxy groups -OCH3 is 1. The highest BCUT2D eigenvalue weighted by Crippen LogP contribution is 2.37. The monoisotopic (exact) mass is 714 g/mol. The Kier molecular flexibility index (Phi) is 10.5. The summed E-state index contributed by atoms with van der Waals surface area (Å²) in [5, 5.41) is 9.98. The van der Waals surface area contributed by atoms with Crippen LogP contribution in [0.15, 0.2) is 65.1 Å². The molecule has 0 radical (unpaired) electrons. The topological polar surface area (TPSA) is 131 Å². The van der Waals surface area contributed by atoms with Gasteiger partial charge in [-0.25, -0.2) is 4.98 Å². The number of carbonyl (C=O) groups excluding carboxylic acids is 2. The third-order valence-corrected chi connectivity index (χ3v) is 10.7. The quantitative estimate of drug-likeness (QED) is 0.107. The first-order chi connectivity index (χ1) is 25.6. The van der Waals surface area contributed by atoms with E-state index in [2.05, 4.69) is 79.1 Å². The van der Waals surface area contributed by atoms with Gasteiger partial charge >= 0.3 is 0 Å². The number of hydrogen-bond donors (Lipinski definition) is 2. The van der Waals surface area contributed by atoms with E-state index < -0.39 is 5.91 Å². The van der Waals surface area contributed by atoms with E-state index in [0.29, 0.717) is 43.1 Å². The van der Waals surface area contributed by atoms with E-state index in [-0.39, 0.29) is 17.8 Å². The van der Waals surface area contributed by atoms with Crippen LogP contribution in [0.4, 0.5) is 0 Å². The Morgan fingerprint density at radius 2 is 1.64 bits per heavy atom. The van der Waals surface area contributed by atoms with E-state index >= 15 is 0 Å². The third-order valence-electron chi connectivity index (χ3n) is 10.7. The molecule has 0 bridgehead atoms. The van der Waals surface area contributed by atoms with E-state index in [1.54, 1.807) is 13.2 Å². The lowest BCUT2D eigenvalue weighted by molar-refractivity contribution is -0.132. The number of benzene rings is 4. The normalized spacial score (nSPS) is 18.0. The summed E-state index contributed by atoms with van der Waals surface area (Å²) in [5.74, 6) is 0.683. The zero-order valence-electron chi connectivity index (χ0n) is 30.7. The van der Waals surface area contributed by atoms with Gasteiger partial charge in [0.05, 0.1) is 18.8 Å². The number of oxazole rings is 1. The molecule has 4 aromatic carbocycles. The predicted molar refractivity (Wildman–Crippen MR) is 206 cm³/mol. The molecule has 1 amide bonds. The van der Waals surface area contributed by atoms with Crippen LogP contribution in [0.3, 0.4) is 0 Å². The Hall–Kier alpha value is -5.29. The largest absolute Gasteiger partial charge is 0.496 e. The summed E-state index contributed by atoms with van der Waals surface area (Å²) in [6.07, 6.45) is 5.48. The maximum atomic E-state index is 12.6. The summed E-state index contributed by atoms with van der Waals surface area (Å²) >= 11 is 0. The summed E-state index contributed by atoms with van der Waals surface area (Å²) in [5.41, 5.74) is 17.5. The van der Waals surface area contributed by atoms with Crippen molar-refractivity contribution >= 4 is 35.6 Å². The van der Waals surface area contributed by atoms with E-state index in [0.717, 1.165) is 93.9 Å². The van der Waals surface area contributed by atoms with Gasteiger partial charge < -0.3 is 24.7 Å². The van der Waals surface area contributed by atoms with Gasteiger partial charge in [-0.1, -0.05) is 48.6 Å². The van der Waals surface area contributed by atoms with Crippen molar-refractivity contribution in [1.29, 1.82) is 0 Å². The molecule has 2 aliphatic heterocycles. The average molecular weight is 715 g/mol. The lowest BCUT2D eigenvalue weighted by atomic mass is 9.91. The van der Waals surface area contributed by atoms with Crippen molar-refractivity contribution in [3.05, 3.63) is 105 Å². The van der Waals surface area contributed by atoms with Crippen molar-refractivity contribution in [2.45, 2.75) is 58.9 Å². The maximum Gasteiger partial charge on any atom is 0.293 e. The standard InChI is InChI=1S/C43H46N4O6/c1-26-17-32(22-47-15-13-33(49)23-47)40(51-4)20-31(26)12-11-30-7-5-8-35(27(30)2)36-9-6-10-37(28(36)3)43-45-39-19-29(18-38(42(44)50)41(39)53-43)21-46-16-14-34(24-46)52-25-48/h5-12,17-20,25,33-34,49H,13-16,21-24H2,1-4H3,(H2,44,50)/b12-11+/t33-,34-/m1/s1. The van der Waals surface area contributed by atoms with E-state index in [1.807, 2.05) is 18.2 Å². The molecule has 0 unspecified atom stereocenters. The lowest BCUT2D eigenvalue weighted by Crippen LogP contribution is -2.23. The molecule has 5 aromatic rings. The second kappa shape index (κ2) is 15.4. The van der Waals surface area contributed by atoms with E-state index in [4.69, 9.17) is 24.6 Å². The van der Waals surface area contributed by atoms with Crippen LogP contribution in [0, 0.1) is 20.8 Å². The Morgan fingerprint density at radius 3 is 2.38 bits per heavy atom. The molecule has 7 rings (SSSR count). The van der Waals surface area contributed by atoms with Crippen LogP contribution in [0.5, 0.6) is 5.75 Å². The SMILES string of the molecule is COc1cc(/C=C/c2cccc(-c3cccc(-c4nc5cc(CN6CC[C@@H](OC=O)C6)cc(C(N)=O)c5o4)c3C)c2C)c(C)cc1CN1CC[C@@H](O)C1. The summed E-state index contributed by atoms with van der Waals surface area (Å²) in [7, 11) is 1.71. The Labute approximate surface area is 309 Å². The molecule has 10 heteroatoms. The number of ether oxygens (including phenoxy) is 2. The Bertz CT molecular complexity index is 2210. The summed E-state index contributed by atoms with van der Waals surface area (Å²) in [4.78, 5) is 32.7. The zero-order chi connectivity index (χ0) is 37.2. The van der Waals surface area contributed by atoms with Crippen molar-refractivity contribution < 1.29 is 28.6 Å². The molecule has 0 saturated carbocycles. The molecule has 2 fully saturated rings. The highest BCUT2D eigenvalue weighted by Gasteiger charge is 2.26. The van der Waals surface area contributed by atoms with Crippen LogP contribution in [-0.4, -0.2) is 77.8 Å². The summed E-state index contributed by atoms with van der Waals surface area (Å²) in [6.45, 7) is 11.1. The number of aromatic nitrogens is 1. The molecule has 3 N–H and O–H groups in total. The van der Waals surface area contributed by atoms with Gasteiger partial charge in [0, 0.05) is 50.4 Å². The number of rotatable bonds is 12. The molecule has 2 saturated heterocycles. The number of fused-ring (bicyclic) bond motifs is 1. The number of likely N-dealkylation sites (tertiary alicyclic amines) is 2. The van der Waals surface area contributed by atoms with Gasteiger partial charge in [0.25, 0.3) is 12.4 Å².